The van der Waals surface area contributed by atoms with Gasteiger partial charge in [0.15, 0.2) is 0 Å². The highest BCUT2D eigenvalue weighted by Crippen LogP contribution is 2.17. The molecule has 0 aromatic rings. The predicted molar refractivity (Wildman–Crippen MR) is 77.7 cm³/mol. The van der Waals surface area contributed by atoms with Gasteiger partial charge in [-0.05, 0) is 26.7 Å². The molecule has 0 aromatic carbocycles. The van der Waals surface area contributed by atoms with Crippen LogP contribution in [-0.2, 0) is 24.3 Å². The summed E-state index contributed by atoms with van der Waals surface area (Å²) in [6, 6.07) is 0. The number of carbonyl (C=O) groups is 1. The lowest BCUT2D eigenvalue weighted by Crippen LogP contribution is -2.42. The number of carboxylic acid groups (broad SMARTS) is 1. The zero-order valence-corrected chi connectivity index (χ0v) is 13.5. The summed E-state index contributed by atoms with van der Waals surface area (Å²) in [5.74, 6) is -0.893. The lowest BCUT2D eigenvalue weighted by molar-refractivity contribution is -0.138. The highest BCUT2D eigenvalue weighted by molar-refractivity contribution is 7.89. The number of aliphatic carboxylic acids is 1. The van der Waals surface area contributed by atoms with Crippen LogP contribution in [0.4, 0.5) is 0 Å². The Bertz CT molecular complexity index is 414. The van der Waals surface area contributed by atoms with Gasteiger partial charge in [0.2, 0.25) is 10.0 Å². The van der Waals surface area contributed by atoms with Crippen molar-refractivity contribution in [1.29, 1.82) is 0 Å². The molecule has 1 aliphatic rings. The average molecular weight is 323 g/mol. The van der Waals surface area contributed by atoms with Crippen LogP contribution in [0.25, 0.3) is 0 Å². The smallest absolute Gasteiger partial charge is 0.305 e. The molecule has 21 heavy (non-hydrogen) atoms. The molecule has 8 heteroatoms. The van der Waals surface area contributed by atoms with E-state index < -0.39 is 16.0 Å². The minimum absolute atomic E-state index is 0.00425. The van der Waals surface area contributed by atoms with E-state index in [-0.39, 0.29) is 37.6 Å². The van der Waals surface area contributed by atoms with E-state index in [2.05, 4.69) is 0 Å². The first-order valence-electron chi connectivity index (χ1n) is 7.24. The van der Waals surface area contributed by atoms with Crippen LogP contribution in [0.1, 0.15) is 33.1 Å². The fourth-order valence-electron chi connectivity index (χ4n) is 2.11. The molecule has 124 valence electrons. The minimum atomic E-state index is -3.28. The third-order valence-electron chi connectivity index (χ3n) is 3.26. The number of ether oxygens (including phenoxy) is 2. The van der Waals surface area contributed by atoms with E-state index >= 15 is 0 Å². The van der Waals surface area contributed by atoms with Crippen molar-refractivity contribution in [3.63, 3.8) is 0 Å². The van der Waals surface area contributed by atoms with Crippen molar-refractivity contribution < 1.29 is 27.8 Å². The molecular weight excluding hydrogens is 298 g/mol. The van der Waals surface area contributed by atoms with E-state index in [0.717, 1.165) is 0 Å². The molecule has 0 unspecified atom stereocenters. The molecular formula is C13H25NO6S. The Morgan fingerprint density at radius 3 is 2.43 bits per heavy atom. The van der Waals surface area contributed by atoms with E-state index in [0.29, 0.717) is 25.9 Å². The summed E-state index contributed by atoms with van der Waals surface area (Å²) in [6.07, 6.45) is 1.15. The maximum atomic E-state index is 12.1. The largest absolute Gasteiger partial charge is 0.481 e. The zero-order chi connectivity index (χ0) is 15.9. The highest BCUT2D eigenvalue weighted by Gasteiger charge is 2.28. The molecule has 0 radical (unpaired) electrons. The SMILES string of the molecule is CC(C)OCCS(=O)(=O)N1CCC(OCCC(=O)O)CC1. The molecule has 0 bridgehead atoms. The van der Waals surface area contributed by atoms with Gasteiger partial charge in [0, 0.05) is 13.1 Å². The number of carboxylic acids is 1. The lowest BCUT2D eigenvalue weighted by atomic mass is 10.1. The van der Waals surface area contributed by atoms with E-state index in [4.69, 9.17) is 14.6 Å². The van der Waals surface area contributed by atoms with Gasteiger partial charge in [0.05, 0.1) is 37.6 Å². The van der Waals surface area contributed by atoms with Crippen molar-refractivity contribution in [3.05, 3.63) is 0 Å². The molecule has 0 atom stereocenters. The second-order valence-corrected chi connectivity index (χ2v) is 7.44. The monoisotopic (exact) mass is 323 g/mol. The Morgan fingerprint density at radius 1 is 1.29 bits per heavy atom. The number of hydrogen-bond donors (Lipinski definition) is 1. The Kier molecular flexibility index (Phi) is 7.58. The van der Waals surface area contributed by atoms with Crippen molar-refractivity contribution in [2.75, 3.05) is 32.1 Å². The molecule has 0 saturated carbocycles. The van der Waals surface area contributed by atoms with Gasteiger partial charge >= 0.3 is 5.97 Å². The standard InChI is InChI=1S/C13H25NO6S/c1-11(2)19-9-10-21(17,18)14-6-3-12(4-7-14)20-8-5-13(15)16/h11-12H,3-10H2,1-2H3,(H,15,16). The molecule has 1 N–H and O–H groups in total. The number of rotatable bonds is 9. The topological polar surface area (TPSA) is 93.1 Å². The highest BCUT2D eigenvalue weighted by atomic mass is 32.2. The van der Waals surface area contributed by atoms with E-state index in [9.17, 15) is 13.2 Å². The van der Waals surface area contributed by atoms with Gasteiger partial charge in [0.25, 0.3) is 0 Å². The van der Waals surface area contributed by atoms with Crippen LogP contribution in [0.15, 0.2) is 0 Å². The number of hydrogen-bond acceptors (Lipinski definition) is 5. The summed E-state index contributed by atoms with van der Waals surface area (Å²) >= 11 is 0. The fourth-order valence-corrected chi connectivity index (χ4v) is 3.44. The van der Waals surface area contributed by atoms with Crippen LogP contribution in [-0.4, -0.2) is 68.1 Å². The Hall–Kier alpha value is -0.700. The number of sulfonamides is 1. The summed E-state index contributed by atoms with van der Waals surface area (Å²) < 4.78 is 36.4. The number of piperidine rings is 1. The molecule has 7 nitrogen and oxygen atoms in total. The van der Waals surface area contributed by atoms with Crippen molar-refractivity contribution in [2.45, 2.75) is 45.3 Å². The number of nitrogens with zero attached hydrogens (tertiary/aromatic N) is 1. The Morgan fingerprint density at radius 2 is 1.90 bits per heavy atom. The van der Waals surface area contributed by atoms with Gasteiger partial charge in [-0.25, -0.2) is 12.7 Å². The summed E-state index contributed by atoms with van der Waals surface area (Å²) in [7, 11) is -3.28. The quantitative estimate of drug-likeness (QED) is 0.671. The minimum Gasteiger partial charge on any atom is -0.481 e. The first kappa shape index (κ1) is 18.3. The molecule has 1 fully saturated rings. The molecule has 0 aromatic heterocycles. The Labute approximate surface area is 126 Å². The first-order chi connectivity index (χ1) is 9.81. The summed E-state index contributed by atoms with van der Waals surface area (Å²) in [6.45, 7) is 4.95. The van der Waals surface area contributed by atoms with Gasteiger partial charge in [-0.15, -0.1) is 0 Å². The normalized spacial score (nSPS) is 18.2. The predicted octanol–water partition coefficient (Wildman–Crippen LogP) is 0.697. The lowest BCUT2D eigenvalue weighted by Gasteiger charge is -2.31. The first-order valence-corrected chi connectivity index (χ1v) is 8.85. The van der Waals surface area contributed by atoms with Crippen molar-refractivity contribution >= 4 is 16.0 Å². The second kappa shape index (κ2) is 8.67. The van der Waals surface area contributed by atoms with Crippen LogP contribution in [0.3, 0.4) is 0 Å². The Balaban J connectivity index is 2.29. The molecule has 1 aliphatic heterocycles. The maximum Gasteiger partial charge on any atom is 0.305 e. The summed E-state index contributed by atoms with van der Waals surface area (Å²) in [5.41, 5.74) is 0. The molecule has 0 amide bonds. The van der Waals surface area contributed by atoms with Crippen LogP contribution < -0.4 is 0 Å². The van der Waals surface area contributed by atoms with Crippen LogP contribution in [0.5, 0.6) is 0 Å². The van der Waals surface area contributed by atoms with Gasteiger partial charge < -0.3 is 14.6 Å². The van der Waals surface area contributed by atoms with Crippen molar-refractivity contribution in [2.24, 2.45) is 0 Å². The fraction of sp³-hybridized carbons (Fsp3) is 0.923. The van der Waals surface area contributed by atoms with Crippen LogP contribution >= 0.6 is 0 Å². The molecule has 1 heterocycles. The van der Waals surface area contributed by atoms with Crippen molar-refractivity contribution in [1.82, 2.24) is 4.31 Å². The van der Waals surface area contributed by atoms with Crippen LogP contribution in [0, 0.1) is 0 Å². The van der Waals surface area contributed by atoms with Gasteiger partial charge in [-0.2, -0.15) is 0 Å². The second-order valence-electron chi connectivity index (χ2n) is 5.35. The van der Waals surface area contributed by atoms with Gasteiger partial charge in [0.1, 0.15) is 0 Å². The third kappa shape index (κ3) is 7.21. The zero-order valence-electron chi connectivity index (χ0n) is 12.7. The van der Waals surface area contributed by atoms with Gasteiger partial charge in [-0.1, -0.05) is 0 Å². The van der Waals surface area contributed by atoms with E-state index in [1.165, 1.54) is 4.31 Å². The molecule has 0 spiro atoms. The summed E-state index contributed by atoms with van der Waals surface area (Å²) in [4.78, 5) is 10.4. The third-order valence-corrected chi connectivity index (χ3v) is 5.09. The van der Waals surface area contributed by atoms with Crippen molar-refractivity contribution in [3.8, 4) is 0 Å². The average Bonchev–Trinajstić information content (AvgIpc) is 2.38. The molecule has 0 aliphatic carbocycles. The summed E-state index contributed by atoms with van der Waals surface area (Å²) in [5, 5.41) is 8.53. The van der Waals surface area contributed by atoms with E-state index in [1.54, 1.807) is 0 Å². The van der Waals surface area contributed by atoms with E-state index in [1.807, 2.05) is 13.8 Å². The van der Waals surface area contributed by atoms with Crippen LogP contribution in [0.2, 0.25) is 0 Å². The maximum absolute atomic E-state index is 12.1. The van der Waals surface area contributed by atoms with Gasteiger partial charge in [-0.3, -0.25) is 4.79 Å². The molecule has 1 rings (SSSR count). The molecule has 1 saturated heterocycles.